The van der Waals surface area contributed by atoms with Gasteiger partial charge in [-0.3, -0.25) is 4.79 Å². The minimum absolute atomic E-state index is 0.121. The second kappa shape index (κ2) is 8.58. The topological polar surface area (TPSA) is 102 Å². The Morgan fingerprint density at radius 2 is 1.87 bits per heavy atom. The Morgan fingerprint density at radius 3 is 2.61 bits per heavy atom. The predicted molar refractivity (Wildman–Crippen MR) is 117 cm³/mol. The molecule has 0 aliphatic heterocycles. The molecule has 158 valence electrons. The number of anilines is 1. The molecular weight excluding hydrogens is 416 g/mol. The molecule has 0 spiro atoms. The van der Waals surface area contributed by atoms with Crippen molar-refractivity contribution in [3.8, 4) is 5.75 Å². The van der Waals surface area contributed by atoms with E-state index in [1.807, 2.05) is 35.0 Å². The lowest BCUT2D eigenvalue weighted by Gasteiger charge is -2.09. The highest BCUT2D eigenvalue weighted by molar-refractivity contribution is 7.89. The molecule has 9 heteroatoms. The number of sulfonamides is 1. The van der Waals surface area contributed by atoms with Gasteiger partial charge in [-0.2, -0.15) is 0 Å². The van der Waals surface area contributed by atoms with Crippen molar-refractivity contribution >= 4 is 27.3 Å². The number of carbonyl (C=O) groups is 1. The van der Waals surface area contributed by atoms with Crippen LogP contribution in [0.4, 0.5) is 5.69 Å². The first-order valence-electron chi connectivity index (χ1n) is 9.45. The van der Waals surface area contributed by atoms with Crippen LogP contribution in [-0.2, 0) is 16.6 Å². The summed E-state index contributed by atoms with van der Waals surface area (Å²) >= 11 is 0. The van der Waals surface area contributed by atoms with Gasteiger partial charge in [0.05, 0.1) is 10.6 Å². The van der Waals surface area contributed by atoms with Crippen molar-refractivity contribution in [3.05, 3.63) is 90.4 Å². The predicted octanol–water partition coefficient (Wildman–Crippen LogP) is 3.07. The van der Waals surface area contributed by atoms with E-state index in [9.17, 15) is 13.2 Å². The molecule has 4 rings (SSSR count). The zero-order chi connectivity index (χ0) is 21.8. The van der Waals surface area contributed by atoms with E-state index in [-0.39, 0.29) is 17.4 Å². The minimum atomic E-state index is -3.53. The Kier molecular flexibility index (Phi) is 5.70. The van der Waals surface area contributed by atoms with Crippen LogP contribution in [0.25, 0.3) is 5.65 Å². The molecule has 0 fully saturated rings. The van der Waals surface area contributed by atoms with E-state index in [1.54, 1.807) is 24.3 Å². The molecule has 31 heavy (non-hydrogen) atoms. The fourth-order valence-electron chi connectivity index (χ4n) is 2.98. The Balaban J connectivity index is 1.42. The Bertz CT molecular complexity index is 1300. The standard InChI is InChI=1S/C22H20N4O4S/c1-23-31(28,29)20-10-8-17(9-11-20)25-22(27)16-5-4-6-19(13-16)30-15-18-14-26-12-3-2-7-21(26)24-18/h2-14,23H,15H2,1H3,(H,25,27). The molecule has 0 atom stereocenters. The van der Waals surface area contributed by atoms with Crippen LogP contribution >= 0.6 is 0 Å². The van der Waals surface area contributed by atoms with Crippen LogP contribution in [-0.4, -0.2) is 30.8 Å². The number of nitrogens with one attached hydrogen (secondary N) is 2. The normalized spacial score (nSPS) is 11.4. The smallest absolute Gasteiger partial charge is 0.255 e. The molecular formula is C22H20N4O4S. The molecule has 2 heterocycles. The number of rotatable bonds is 7. The van der Waals surface area contributed by atoms with Crippen molar-refractivity contribution in [2.45, 2.75) is 11.5 Å². The number of hydrogen-bond donors (Lipinski definition) is 2. The van der Waals surface area contributed by atoms with E-state index >= 15 is 0 Å². The molecule has 0 unspecified atom stereocenters. The minimum Gasteiger partial charge on any atom is -0.487 e. The third-order valence-electron chi connectivity index (χ3n) is 4.59. The van der Waals surface area contributed by atoms with Crippen LogP contribution in [0.15, 0.2) is 84.0 Å². The first-order valence-corrected chi connectivity index (χ1v) is 10.9. The Hall–Kier alpha value is -3.69. The van der Waals surface area contributed by atoms with E-state index in [1.165, 1.54) is 31.3 Å². The second-order valence-corrected chi connectivity index (χ2v) is 8.59. The summed E-state index contributed by atoms with van der Waals surface area (Å²) in [7, 11) is -2.18. The number of benzene rings is 2. The summed E-state index contributed by atoms with van der Waals surface area (Å²) in [6, 6.07) is 18.5. The monoisotopic (exact) mass is 436 g/mol. The van der Waals surface area contributed by atoms with Crippen molar-refractivity contribution in [3.63, 3.8) is 0 Å². The summed E-state index contributed by atoms with van der Waals surface area (Å²) < 4.78 is 33.5. The largest absolute Gasteiger partial charge is 0.487 e. The maximum absolute atomic E-state index is 12.6. The van der Waals surface area contributed by atoms with Crippen molar-refractivity contribution in [1.82, 2.24) is 14.1 Å². The van der Waals surface area contributed by atoms with Crippen LogP contribution in [0.5, 0.6) is 5.75 Å². The van der Waals surface area contributed by atoms with Crippen molar-refractivity contribution in [2.75, 3.05) is 12.4 Å². The number of hydrogen-bond acceptors (Lipinski definition) is 5. The molecule has 0 aliphatic rings. The molecule has 0 saturated heterocycles. The molecule has 8 nitrogen and oxygen atoms in total. The highest BCUT2D eigenvalue weighted by Crippen LogP contribution is 2.18. The lowest BCUT2D eigenvalue weighted by atomic mass is 10.2. The van der Waals surface area contributed by atoms with Crippen LogP contribution in [0.2, 0.25) is 0 Å². The summed E-state index contributed by atoms with van der Waals surface area (Å²) in [4.78, 5) is 17.2. The van der Waals surface area contributed by atoms with E-state index in [4.69, 9.17) is 4.74 Å². The summed E-state index contributed by atoms with van der Waals surface area (Å²) in [6.45, 7) is 0.272. The van der Waals surface area contributed by atoms with Crippen molar-refractivity contribution < 1.29 is 17.9 Å². The molecule has 4 aromatic rings. The summed E-state index contributed by atoms with van der Waals surface area (Å²) in [5, 5.41) is 2.75. The molecule has 0 aliphatic carbocycles. The first-order chi connectivity index (χ1) is 14.9. The van der Waals surface area contributed by atoms with Gasteiger partial charge in [-0.15, -0.1) is 0 Å². The third kappa shape index (κ3) is 4.73. The fraction of sp³-hybridized carbons (Fsp3) is 0.0909. The maximum Gasteiger partial charge on any atom is 0.255 e. The van der Waals surface area contributed by atoms with Crippen molar-refractivity contribution in [2.24, 2.45) is 0 Å². The quantitative estimate of drug-likeness (QED) is 0.464. The summed E-state index contributed by atoms with van der Waals surface area (Å²) in [5.74, 6) is 0.211. The summed E-state index contributed by atoms with van der Waals surface area (Å²) in [6.07, 6.45) is 3.81. The number of carbonyl (C=O) groups excluding carboxylic acids is 1. The second-order valence-electron chi connectivity index (χ2n) is 6.70. The summed E-state index contributed by atoms with van der Waals surface area (Å²) in [5.41, 5.74) is 2.51. The van der Waals surface area contributed by atoms with E-state index in [0.717, 1.165) is 11.3 Å². The zero-order valence-electron chi connectivity index (χ0n) is 16.6. The van der Waals surface area contributed by atoms with Gasteiger partial charge in [0.2, 0.25) is 10.0 Å². The van der Waals surface area contributed by atoms with Gasteiger partial charge in [0, 0.05) is 23.6 Å². The maximum atomic E-state index is 12.6. The number of aromatic nitrogens is 2. The molecule has 0 bridgehead atoms. The molecule has 2 aromatic carbocycles. The SMILES string of the molecule is CNS(=O)(=O)c1ccc(NC(=O)c2cccc(OCc3cn4ccccc4n3)c2)cc1. The van der Waals surface area contributed by atoms with Crippen molar-refractivity contribution in [1.29, 1.82) is 0 Å². The highest BCUT2D eigenvalue weighted by Gasteiger charge is 2.12. The van der Waals surface area contributed by atoms with Gasteiger partial charge in [-0.25, -0.2) is 18.1 Å². The fourth-order valence-corrected chi connectivity index (χ4v) is 3.71. The van der Waals surface area contributed by atoms with Gasteiger partial charge >= 0.3 is 0 Å². The van der Waals surface area contributed by atoms with Gasteiger partial charge < -0.3 is 14.5 Å². The number of pyridine rings is 1. The molecule has 1 amide bonds. The first kappa shape index (κ1) is 20.6. The zero-order valence-corrected chi connectivity index (χ0v) is 17.5. The van der Waals surface area contributed by atoms with Crippen LogP contribution in [0, 0.1) is 0 Å². The van der Waals surface area contributed by atoms with Gasteiger partial charge in [-0.05, 0) is 61.6 Å². The lowest BCUT2D eigenvalue weighted by molar-refractivity contribution is 0.102. The van der Waals surface area contributed by atoms with Gasteiger partial charge in [0.15, 0.2) is 0 Å². The highest BCUT2D eigenvalue weighted by atomic mass is 32.2. The third-order valence-corrected chi connectivity index (χ3v) is 6.02. The number of ether oxygens (including phenoxy) is 1. The van der Waals surface area contributed by atoms with Crippen LogP contribution in [0.3, 0.4) is 0 Å². The lowest BCUT2D eigenvalue weighted by Crippen LogP contribution is -2.18. The van der Waals surface area contributed by atoms with Crippen LogP contribution < -0.4 is 14.8 Å². The molecule has 0 saturated carbocycles. The average molecular weight is 436 g/mol. The van der Waals surface area contributed by atoms with Gasteiger partial charge in [0.25, 0.3) is 5.91 Å². The van der Waals surface area contributed by atoms with E-state index in [0.29, 0.717) is 17.0 Å². The molecule has 2 N–H and O–H groups in total. The number of imidazole rings is 1. The van der Waals surface area contributed by atoms with Crippen LogP contribution in [0.1, 0.15) is 16.1 Å². The Labute approximate surface area is 179 Å². The van der Waals surface area contributed by atoms with E-state index in [2.05, 4.69) is 15.0 Å². The van der Waals surface area contributed by atoms with E-state index < -0.39 is 10.0 Å². The Morgan fingerprint density at radius 1 is 1.06 bits per heavy atom. The van der Waals surface area contributed by atoms with Gasteiger partial charge in [-0.1, -0.05) is 12.1 Å². The molecule has 2 aromatic heterocycles. The molecule has 0 radical (unpaired) electrons. The number of fused-ring (bicyclic) bond motifs is 1. The average Bonchev–Trinajstić information content (AvgIpc) is 3.21. The number of amides is 1. The van der Waals surface area contributed by atoms with Gasteiger partial charge in [0.1, 0.15) is 18.0 Å². The number of nitrogens with zero attached hydrogens (tertiary/aromatic N) is 2.